The number of benzene rings is 2. The van der Waals surface area contributed by atoms with Crippen LogP contribution < -0.4 is 11.1 Å². The Balaban J connectivity index is 1.55. The van der Waals surface area contributed by atoms with Crippen LogP contribution in [0.15, 0.2) is 48.7 Å². The molecule has 0 saturated heterocycles. The van der Waals surface area contributed by atoms with Gasteiger partial charge in [-0.25, -0.2) is 13.2 Å². The predicted octanol–water partition coefficient (Wildman–Crippen LogP) is 6.52. The van der Waals surface area contributed by atoms with E-state index in [-0.39, 0.29) is 46.6 Å². The van der Waals surface area contributed by atoms with Gasteiger partial charge in [0.05, 0.1) is 33.7 Å². The fraction of sp³-hybridized carbons (Fsp3) is 0.276. The van der Waals surface area contributed by atoms with Gasteiger partial charge in [0.15, 0.2) is 5.82 Å². The van der Waals surface area contributed by atoms with E-state index in [0.29, 0.717) is 41.8 Å². The Morgan fingerprint density at radius 1 is 1.08 bits per heavy atom. The first-order valence-corrected chi connectivity index (χ1v) is 13.0. The standard InChI is InChI=1S/C29H26ClF3N4O2/c1-15-3-2-4-25(37-10-8-17(12-26(37)38)27-20(31)6-5-19(30)28(27)33)24-11-16(7-9-35-24)18-13-21(32)22(34)14-23(18)36-29(15)39/h5-7,9,11-15,25H,2-4,8,10,34H2,1H3,(H,36,39). The minimum atomic E-state index is -0.900. The lowest BCUT2D eigenvalue weighted by Crippen LogP contribution is -2.38. The number of pyridine rings is 1. The summed E-state index contributed by atoms with van der Waals surface area (Å²) < 4.78 is 43.6. The second kappa shape index (κ2) is 10.7. The van der Waals surface area contributed by atoms with Crippen LogP contribution in [-0.4, -0.2) is 28.2 Å². The molecule has 10 heteroatoms. The molecule has 202 valence electrons. The van der Waals surface area contributed by atoms with Crippen LogP contribution in [-0.2, 0) is 9.59 Å². The van der Waals surface area contributed by atoms with Crippen molar-refractivity contribution in [3.63, 3.8) is 0 Å². The van der Waals surface area contributed by atoms with Gasteiger partial charge in [-0.2, -0.15) is 0 Å². The normalized spacial score (nSPS) is 19.9. The van der Waals surface area contributed by atoms with Crippen LogP contribution in [0.5, 0.6) is 0 Å². The molecule has 2 unspecified atom stereocenters. The third-order valence-corrected chi connectivity index (χ3v) is 7.63. The van der Waals surface area contributed by atoms with E-state index in [0.717, 1.165) is 12.1 Å². The topological polar surface area (TPSA) is 88.3 Å². The van der Waals surface area contributed by atoms with Gasteiger partial charge in [-0.15, -0.1) is 0 Å². The van der Waals surface area contributed by atoms with Crippen molar-refractivity contribution in [2.75, 3.05) is 17.6 Å². The molecule has 2 amide bonds. The summed E-state index contributed by atoms with van der Waals surface area (Å²) in [7, 11) is 0. The molecule has 2 atom stereocenters. The molecule has 0 radical (unpaired) electrons. The highest BCUT2D eigenvalue weighted by Crippen LogP contribution is 2.38. The second-order valence-electron chi connectivity index (χ2n) is 9.90. The molecule has 3 heterocycles. The highest BCUT2D eigenvalue weighted by Gasteiger charge is 2.31. The molecule has 0 spiro atoms. The van der Waals surface area contributed by atoms with E-state index < -0.39 is 29.4 Å². The first-order valence-electron chi connectivity index (χ1n) is 12.6. The molecule has 2 aromatic carbocycles. The van der Waals surface area contributed by atoms with Gasteiger partial charge in [-0.05, 0) is 66.8 Å². The number of anilines is 2. The Kier molecular flexibility index (Phi) is 7.36. The molecular formula is C29H26ClF3N4O2. The van der Waals surface area contributed by atoms with E-state index in [1.54, 1.807) is 30.2 Å². The molecule has 2 aliphatic heterocycles. The zero-order valence-electron chi connectivity index (χ0n) is 21.1. The van der Waals surface area contributed by atoms with E-state index in [4.69, 9.17) is 17.3 Å². The number of hydrogen-bond acceptors (Lipinski definition) is 4. The van der Waals surface area contributed by atoms with Gasteiger partial charge in [0, 0.05) is 30.3 Å². The molecule has 3 aromatic rings. The summed E-state index contributed by atoms with van der Waals surface area (Å²) in [6.07, 6.45) is 4.68. The Hall–Kier alpha value is -3.85. The number of halogens is 4. The van der Waals surface area contributed by atoms with E-state index in [9.17, 15) is 22.8 Å². The molecule has 0 fully saturated rings. The van der Waals surface area contributed by atoms with Crippen molar-refractivity contribution in [3.8, 4) is 11.1 Å². The third kappa shape index (κ3) is 5.23. The minimum absolute atomic E-state index is 0.0879. The number of carbonyl (C=O) groups is 2. The zero-order chi connectivity index (χ0) is 27.8. The Labute approximate surface area is 228 Å². The molecule has 0 saturated carbocycles. The van der Waals surface area contributed by atoms with Crippen molar-refractivity contribution in [1.82, 2.24) is 9.88 Å². The van der Waals surface area contributed by atoms with Crippen molar-refractivity contribution in [2.24, 2.45) is 5.92 Å². The molecule has 6 nitrogen and oxygen atoms in total. The number of amides is 2. The highest BCUT2D eigenvalue weighted by atomic mass is 35.5. The van der Waals surface area contributed by atoms with Crippen LogP contribution in [0.4, 0.5) is 24.5 Å². The van der Waals surface area contributed by atoms with Gasteiger partial charge in [-0.1, -0.05) is 24.9 Å². The van der Waals surface area contributed by atoms with E-state index in [1.807, 2.05) is 0 Å². The number of fused-ring (bicyclic) bond motifs is 4. The monoisotopic (exact) mass is 554 g/mol. The maximum absolute atomic E-state index is 14.7. The van der Waals surface area contributed by atoms with Gasteiger partial charge < -0.3 is 16.0 Å². The largest absolute Gasteiger partial charge is 0.396 e. The van der Waals surface area contributed by atoms with Gasteiger partial charge >= 0.3 is 0 Å². The van der Waals surface area contributed by atoms with Crippen molar-refractivity contribution in [1.29, 1.82) is 0 Å². The predicted molar refractivity (Wildman–Crippen MR) is 144 cm³/mol. The van der Waals surface area contributed by atoms with Crippen molar-refractivity contribution in [2.45, 2.75) is 38.6 Å². The maximum atomic E-state index is 14.7. The molecule has 2 aliphatic rings. The molecule has 5 rings (SSSR count). The number of nitrogens with one attached hydrogen (secondary N) is 1. The quantitative estimate of drug-likeness (QED) is 0.279. The number of hydrogen-bond donors (Lipinski definition) is 2. The number of aromatic nitrogens is 1. The van der Waals surface area contributed by atoms with E-state index in [1.165, 1.54) is 18.2 Å². The van der Waals surface area contributed by atoms with Crippen LogP contribution in [0.1, 0.15) is 49.9 Å². The first-order chi connectivity index (χ1) is 18.6. The Bertz CT molecular complexity index is 1510. The van der Waals surface area contributed by atoms with Crippen molar-refractivity contribution in [3.05, 3.63) is 82.4 Å². The summed E-state index contributed by atoms with van der Waals surface area (Å²) in [5.74, 6) is -3.30. The number of nitrogens with zero attached hydrogens (tertiary/aromatic N) is 2. The molecule has 3 N–H and O–H groups in total. The zero-order valence-corrected chi connectivity index (χ0v) is 21.9. The van der Waals surface area contributed by atoms with Crippen LogP contribution in [0.3, 0.4) is 0 Å². The summed E-state index contributed by atoms with van der Waals surface area (Å²) in [6.45, 7) is 2.00. The fourth-order valence-electron chi connectivity index (χ4n) is 5.18. The van der Waals surface area contributed by atoms with E-state index >= 15 is 0 Å². The van der Waals surface area contributed by atoms with Gasteiger partial charge in [-0.3, -0.25) is 14.6 Å². The third-order valence-electron chi connectivity index (χ3n) is 7.33. The smallest absolute Gasteiger partial charge is 0.247 e. The lowest BCUT2D eigenvalue weighted by molar-refractivity contribution is -0.129. The number of nitrogens with two attached hydrogens (primary N) is 1. The second-order valence-corrected chi connectivity index (χ2v) is 10.3. The van der Waals surface area contributed by atoms with E-state index in [2.05, 4.69) is 10.3 Å². The summed E-state index contributed by atoms with van der Waals surface area (Å²) in [5, 5.41) is 2.65. The average Bonchev–Trinajstić information content (AvgIpc) is 2.91. The number of nitrogen functional groups attached to an aromatic ring is 1. The van der Waals surface area contributed by atoms with Crippen LogP contribution >= 0.6 is 11.6 Å². The van der Waals surface area contributed by atoms with Crippen molar-refractivity contribution >= 4 is 40.4 Å². The average molecular weight is 555 g/mol. The number of carbonyl (C=O) groups excluding carboxylic acids is 2. The van der Waals surface area contributed by atoms with Gasteiger partial charge in [0.2, 0.25) is 11.8 Å². The van der Waals surface area contributed by atoms with Crippen LogP contribution in [0.2, 0.25) is 5.02 Å². The van der Waals surface area contributed by atoms with Gasteiger partial charge in [0.1, 0.15) is 11.6 Å². The number of rotatable bonds is 2. The van der Waals surface area contributed by atoms with Crippen LogP contribution in [0, 0.1) is 23.4 Å². The van der Waals surface area contributed by atoms with Crippen LogP contribution in [0.25, 0.3) is 16.7 Å². The summed E-state index contributed by atoms with van der Waals surface area (Å²) >= 11 is 5.86. The van der Waals surface area contributed by atoms with Gasteiger partial charge in [0.25, 0.3) is 0 Å². The molecule has 39 heavy (non-hydrogen) atoms. The Morgan fingerprint density at radius 2 is 1.87 bits per heavy atom. The first kappa shape index (κ1) is 26.7. The lowest BCUT2D eigenvalue weighted by atomic mass is 9.92. The highest BCUT2D eigenvalue weighted by molar-refractivity contribution is 6.31. The summed E-state index contributed by atoms with van der Waals surface area (Å²) in [6, 6.07) is 7.86. The SMILES string of the molecule is CC1CCCC(N2CCC(c3c(F)ccc(Cl)c3F)=CC2=O)c2cc(ccn2)-c2cc(F)c(N)cc2NC1=O. The lowest BCUT2D eigenvalue weighted by Gasteiger charge is -2.34. The molecule has 1 aromatic heterocycles. The molecule has 2 bridgehead atoms. The maximum Gasteiger partial charge on any atom is 0.247 e. The Morgan fingerprint density at radius 3 is 2.64 bits per heavy atom. The summed E-state index contributed by atoms with van der Waals surface area (Å²) in [4.78, 5) is 32.4. The summed E-state index contributed by atoms with van der Waals surface area (Å²) in [5.41, 5.74) is 7.63. The molecular weight excluding hydrogens is 529 g/mol. The molecule has 0 aliphatic carbocycles. The minimum Gasteiger partial charge on any atom is -0.396 e. The fourth-order valence-corrected chi connectivity index (χ4v) is 5.34. The van der Waals surface area contributed by atoms with Crippen molar-refractivity contribution < 1.29 is 22.8 Å².